The molecular weight excluding hydrogens is 290 g/mol. The van der Waals surface area contributed by atoms with E-state index in [1.807, 2.05) is 25.1 Å². The molecule has 0 unspecified atom stereocenters. The Morgan fingerprint density at radius 3 is 2.90 bits per heavy atom. The molecule has 0 fully saturated rings. The summed E-state index contributed by atoms with van der Waals surface area (Å²) in [5.74, 6) is 0.761. The van der Waals surface area contributed by atoms with Crippen LogP contribution in [0.3, 0.4) is 0 Å². The summed E-state index contributed by atoms with van der Waals surface area (Å²) in [5, 5.41) is 1.01. The van der Waals surface area contributed by atoms with E-state index in [4.69, 9.17) is 20.8 Å². The Bertz CT molecular complexity index is 788. The number of aromatic nitrogens is 1. The fourth-order valence-electron chi connectivity index (χ4n) is 2.17. The Labute approximate surface area is 126 Å². The van der Waals surface area contributed by atoms with Crippen molar-refractivity contribution < 1.29 is 13.9 Å². The van der Waals surface area contributed by atoms with E-state index in [0.717, 1.165) is 23.1 Å². The van der Waals surface area contributed by atoms with Crippen LogP contribution in [0.15, 0.2) is 40.9 Å². The molecule has 1 N–H and O–H groups in total. The van der Waals surface area contributed by atoms with Crippen LogP contribution in [0.2, 0.25) is 5.22 Å². The normalized spacial score (nSPS) is 11.0. The minimum atomic E-state index is -0.208. The fourth-order valence-corrected chi connectivity index (χ4v) is 2.31. The lowest BCUT2D eigenvalue weighted by Crippen LogP contribution is -1.99. The van der Waals surface area contributed by atoms with Crippen LogP contribution in [-0.2, 0) is 0 Å². The van der Waals surface area contributed by atoms with Crippen molar-refractivity contribution >= 4 is 28.3 Å². The highest BCUT2D eigenvalue weighted by atomic mass is 35.5. The number of ether oxygens (including phenoxy) is 1. The van der Waals surface area contributed by atoms with Gasteiger partial charge in [-0.05, 0) is 48.4 Å². The molecule has 5 heteroatoms. The second kappa shape index (κ2) is 5.66. The van der Waals surface area contributed by atoms with Crippen molar-refractivity contribution in [2.45, 2.75) is 13.3 Å². The van der Waals surface area contributed by atoms with Crippen LogP contribution in [0.1, 0.15) is 29.5 Å². The molecule has 0 saturated carbocycles. The summed E-state index contributed by atoms with van der Waals surface area (Å²) < 4.78 is 10.8. The molecule has 0 spiro atoms. The SMILES string of the molecule is CCCOc1ccc2[nH]cc(C(=O)c3ccc(Cl)o3)c2c1. The molecular formula is C16H14ClNO3. The molecule has 0 aliphatic rings. The van der Waals surface area contributed by atoms with Crippen molar-refractivity contribution in [2.24, 2.45) is 0 Å². The molecule has 3 aromatic rings. The standard InChI is InChI=1S/C16H14ClNO3/c1-2-7-20-10-3-4-13-11(8-10)12(9-18-13)16(19)14-5-6-15(17)21-14/h3-6,8-9,18H,2,7H2,1H3. The molecule has 3 rings (SSSR count). The molecule has 0 amide bonds. The maximum atomic E-state index is 12.4. The number of hydrogen-bond donors (Lipinski definition) is 1. The molecule has 0 aliphatic heterocycles. The van der Waals surface area contributed by atoms with Crippen molar-refractivity contribution in [3.63, 3.8) is 0 Å². The van der Waals surface area contributed by atoms with Gasteiger partial charge in [0.05, 0.1) is 12.2 Å². The van der Waals surface area contributed by atoms with Gasteiger partial charge in [0.2, 0.25) is 5.78 Å². The molecule has 1 aromatic carbocycles. The summed E-state index contributed by atoms with van der Waals surface area (Å²) in [6.45, 7) is 2.69. The molecule has 0 atom stereocenters. The molecule has 2 aromatic heterocycles. The lowest BCUT2D eigenvalue weighted by molar-refractivity contribution is 0.101. The number of carbonyl (C=O) groups excluding carboxylic acids is 1. The smallest absolute Gasteiger partial charge is 0.230 e. The third-order valence-corrected chi connectivity index (χ3v) is 3.37. The summed E-state index contributed by atoms with van der Waals surface area (Å²) in [6, 6.07) is 8.76. The summed E-state index contributed by atoms with van der Waals surface area (Å²) in [7, 11) is 0. The lowest BCUT2D eigenvalue weighted by Gasteiger charge is -2.04. The number of ketones is 1. The lowest BCUT2D eigenvalue weighted by atomic mass is 10.1. The van der Waals surface area contributed by atoms with Crippen LogP contribution in [0.5, 0.6) is 5.75 Å². The predicted molar refractivity (Wildman–Crippen MR) is 81.2 cm³/mol. The van der Waals surface area contributed by atoms with Gasteiger partial charge < -0.3 is 14.1 Å². The number of H-pyrrole nitrogens is 1. The first kappa shape index (κ1) is 13.8. The zero-order valence-corrected chi connectivity index (χ0v) is 12.2. The Kier molecular flexibility index (Phi) is 3.71. The zero-order valence-electron chi connectivity index (χ0n) is 11.5. The maximum Gasteiger partial charge on any atom is 0.230 e. The minimum absolute atomic E-state index is 0.199. The quantitative estimate of drug-likeness (QED) is 0.709. The summed E-state index contributed by atoms with van der Waals surface area (Å²) in [4.78, 5) is 15.5. The fraction of sp³-hybridized carbons (Fsp3) is 0.188. The average molecular weight is 304 g/mol. The van der Waals surface area contributed by atoms with E-state index < -0.39 is 0 Å². The molecule has 0 radical (unpaired) electrons. The molecule has 0 bridgehead atoms. The molecule has 108 valence electrons. The van der Waals surface area contributed by atoms with Crippen LogP contribution in [-0.4, -0.2) is 17.4 Å². The minimum Gasteiger partial charge on any atom is -0.494 e. The number of halogens is 1. The Morgan fingerprint density at radius 1 is 1.33 bits per heavy atom. The van der Waals surface area contributed by atoms with Gasteiger partial charge in [-0.2, -0.15) is 0 Å². The summed E-state index contributed by atoms with van der Waals surface area (Å²) in [6.07, 6.45) is 2.61. The molecule has 0 aliphatic carbocycles. The van der Waals surface area contributed by atoms with Gasteiger partial charge in [0.1, 0.15) is 5.75 Å². The largest absolute Gasteiger partial charge is 0.494 e. The van der Waals surface area contributed by atoms with Crippen LogP contribution in [0.25, 0.3) is 10.9 Å². The molecule has 2 heterocycles. The maximum absolute atomic E-state index is 12.4. The highest BCUT2D eigenvalue weighted by Crippen LogP contribution is 2.26. The molecule has 21 heavy (non-hydrogen) atoms. The number of nitrogens with one attached hydrogen (secondary N) is 1. The monoisotopic (exact) mass is 303 g/mol. The third kappa shape index (κ3) is 2.67. The van der Waals surface area contributed by atoms with E-state index in [9.17, 15) is 4.79 Å². The van der Waals surface area contributed by atoms with Crippen LogP contribution < -0.4 is 4.74 Å². The first-order valence-corrected chi connectivity index (χ1v) is 7.11. The van der Waals surface area contributed by atoms with Crippen molar-refractivity contribution in [3.8, 4) is 5.75 Å². The van der Waals surface area contributed by atoms with E-state index in [0.29, 0.717) is 12.2 Å². The highest BCUT2D eigenvalue weighted by Gasteiger charge is 2.18. The topological polar surface area (TPSA) is 55.2 Å². The first-order valence-electron chi connectivity index (χ1n) is 6.73. The van der Waals surface area contributed by atoms with Crippen molar-refractivity contribution in [2.75, 3.05) is 6.61 Å². The zero-order chi connectivity index (χ0) is 14.8. The van der Waals surface area contributed by atoms with Gasteiger partial charge in [-0.15, -0.1) is 0 Å². The number of furan rings is 1. The van der Waals surface area contributed by atoms with Crippen molar-refractivity contribution in [1.82, 2.24) is 4.98 Å². The highest BCUT2D eigenvalue weighted by molar-refractivity contribution is 6.29. The Balaban J connectivity index is 2.00. The Hall–Kier alpha value is -2.20. The van der Waals surface area contributed by atoms with Gasteiger partial charge in [-0.1, -0.05) is 6.92 Å². The van der Waals surface area contributed by atoms with Gasteiger partial charge in [0.15, 0.2) is 11.0 Å². The van der Waals surface area contributed by atoms with Gasteiger partial charge in [-0.3, -0.25) is 4.79 Å². The van der Waals surface area contributed by atoms with Gasteiger partial charge >= 0.3 is 0 Å². The first-order chi connectivity index (χ1) is 10.2. The average Bonchev–Trinajstić information content (AvgIpc) is 3.10. The van der Waals surface area contributed by atoms with E-state index in [2.05, 4.69) is 4.98 Å². The number of rotatable bonds is 5. The number of aromatic amines is 1. The Morgan fingerprint density at radius 2 is 2.19 bits per heavy atom. The predicted octanol–water partition coefficient (Wildman–Crippen LogP) is 4.43. The summed E-state index contributed by atoms with van der Waals surface area (Å²) >= 11 is 5.72. The van der Waals surface area contributed by atoms with E-state index in [-0.39, 0.29) is 16.8 Å². The number of carbonyl (C=O) groups is 1. The van der Waals surface area contributed by atoms with Gasteiger partial charge in [0, 0.05) is 17.1 Å². The molecule has 4 nitrogen and oxygen atoms in total. The second-order valence-corrected chi connectivity index (χ2v) is 5.06. The summed E-state index contributed by atoms with van der Waals surface area (Å²) in [5.41, 5.74) is 1.41. The number of hydrogen-bond acceptors (Lipinski definition) is 3. The van der Waals surface area contributed by atoms with Crippen LogP contribution in [0.4, 0.5) is 0 Å². The second-order valence-electron chi connectivity index (χ2n) is 4.69. The van der Waals surface area contributed by atoms with Gasteiger partial charge in [0.25, 0.3) is 0 Å². The number of benzene rings is 1. The van der Waals surface area contributed by atoms with E-state index in [1.165, 1.54) is 0 Å². The van der Waals surface area contributed by atoms with Crippen molar-refractivity contribution in [1.29, 1.82) is 0 Å². The third-order valence-electron chi connectivity index (χ3n) is 3.17. The van der Waals surface area contributed by atoms with E-state index >= 15 is 0 Å². The van der Waals surface area contributed by atoms with Crippen LogP contribution >= 0.6 is 11.6 Å². The van der Waals surface area contributed by atoms with Crippen LogP contribution in [0, 0.1) is 0 Å². The molecule has 0 saturated heterocycles. The van der Waals surface area contributed by atoms with Crippen molar-refractivity contribution in [3.05, 3.63) is 53.1 Å². The van der Waals surface area contributed by atoms with E-state index in [1.54, 1.807) is 18.3 Å². The number of fused-ring (bicyclic) bond motifs is 1. The van der Waals surface area contributed by atoms with Gasteiger partial charge in [-0.25, -0.2) is 0 Å².